The van der Waals surface area contributed by atoms with Gasteiger partial charge in [-0.1, -0.05) is 6.58 Å². The Kier molecular flexibility index (Phi) is 6.88. The van der Waals surface area contributed by atoms with E-state index >= 15 is 0 Å². The summed E-state index contributed by atoms with van der Waals surface area (Å²) in [6.07, 6.45) is 3.67. The zero-order valence-electron chi connectivity index (χ0n) is 8.04. The first-order valence-electron chi connectivity index (χ1n) is 4.51. The highest BCUT2D eigenvalue weighted by atomic mass is 16.5. The number of hydrogen-bond donors (Lipinski definition) is 0. The molecule has 0 fully saturated rings. The van der Waals surface area contributed by atoms with Crippen molar-refractivity contribution in [3.63, 3.8) is 0 Å². The summed E-state index contributed by atoms with van der Waals surface area (Å²) in [6.45, 7) is 5.75. The van der Waals surface area contributed by atoms with E-state index in [1.807, 2.05) is 0 Å². The average molecular weight is 184 g/mol. The van der Waals surface area contributed by atoms with E-state index in [2.05, 4.69) is 6.58 Å². The highest BCUT2D eigenvalue weighted by Gasteiger charge is 2.06. The molecule has 74 valence electrons. The maximum Gasteiger partial charge on any atom is 0.333 e. The summed E-state index contributed by atoms with van der Waals surface area (Å²) in [4.78, 5) is 21.0. The van der Waals surface area contributed by atoms with Crippen LogP contribution in [0, 0.1) is 0 Å². The predicted molar refractivity (Wildman–Crippen MR) is 50.3 cm³/mol. The average Bonchev–Trinajstić information content (AvgIpc) is 2.12. The van der Waals surface area contributed by atoms with Crippen molar-refractivity contribution in [1.29, 1.82) is 0 Å². The van der Waals surface area contributed by atoms with Crippen LogP contribution in [0.2, 0.25) is 0 Å². The molecule has 0 aromatic carbocycles. The Morgan fingerprint density at radius 1 is 1.46 bits per heavy atom. The predicted octanol–water partition coefficient (Wildman–Crippen LogP) is 1.86. The van der Waals surface area contributed by atoms with Gasteiger partial charge in [0.25, 0.3) is 0 Å². The lowest BCUT2D eigenvalue weighted by Crippen LogP contribution is -2.06. The molecule has 0 radical (unpaired) electrons. The zero-order valence-corrected chi connectivity index (χ0v) is 8.04. The number of esters is 1. The summed E-state index contributed by atoms with van der Waals surface area (Å²) < 4.78 is 4.75. The molecule has 13 heavy (non-hydrogen) atoms. The van der Waals surface area contributed by atoms with E-state index in [0.29, 0.717) is 25.0 Å². The van der Waals surface area contributed by atoms with E-state index in [-0.39, 0.29) is 5.97 Å². The number of ether oxygens (including phenoxy) is 1. The van der Waals surface area contributed by atoms with Crippen molar-refractivity contribution < 1.29 is 14.3 Å². The van der Waals surface area contributed by atoms with Crippen LogP contribution in [0.1, 0.15) is 32.6 Å². The standard InChI is InChI=1S/C10H16O3/c1-3-13-10(12)9(2)7-5-4-6-8-11/h8H,2-7H2,1H3. The molecular formula is C10H16O3. The maximum absolute atomic E-state index is 11.0. The Hall–Kier alpha value is -1.12. The molecule has 0 aromatic heterocycles. The molecule has 0 rings (SSSR count). The highest BCUT2D eigenvalue weighted by Crippen LogP contribution is 2.07. The van der Waals surface area contributed by atoms with Gasteiger partial charge in [-0.15, -0.1) is 0 Å². The van der Waals surface area contributed by atoms with Crippen LogP contribution in [0.15, 0.2) is 12.2 Å². The van der Waals surface area contributed by atoms with E-state index in [0.717, 1.165) is 19.1 Å². The van der Waals surface area contributed by atoms with Crippen molar-refractivity contribution in [3.05, 3.63) is 12.2 Å². The maximum atomic E-state index is 11.0. The zero-order chi connectivity index (χ0) is 10.1. The number of carbonyl (C=O) groups is 2. The van der Waals surface area contributed by atoms with Gasteiger partial charge in [-0.3, -0.25) is 0 Å². The van der Waals surface area contributed by atoms with E-state index in [1.165, 1.54) is 0 Å². The fraction of sp³-hybridized carbons (Fsp3) is 0.600. The van der Waals surface area contributed by atoms with Crippen LogP contribution in [0.3, 0.4) is 0 Å². The summed E-state index contributed by atoms with van der Waals surface area (Å²) in [7, 11) is 0. The van der Waals surface area contributed by atoms with E-state index in [9.17, 15) is 9.59 Å². The van der Waals surface area contributed by atoms with Gasteiger partial charge in [-0.2, -0.15) is 0 Å². The van der Waals surface area contributed by atoms with Gasteiger partial charge < -0.3 is 9.53 Å². The molecule has 0 N–H and O–H groups in total. The third-order valence-electron chi connectivity index (χ3n) is 1.61. The Bertz CT molecular complexity index is 185. The Balaban J connectivity index is 3.50. The molecule has 0 bridgehead atoms. The number of unbranched alkanes of at least 4 members (excludes halogenated alkanes) is 2. The van der Waals surface area contributed by atoms with Crippen molar-refractivity contribution in [2.24, 2.45) is 0 Å². The van der Waals surface area contributed by atoms with Gasteiger partial charge in [-0.25, -0.2) is 4.79 Å². The molecule has 0 aromatic rings. The van der Waals surface area contributed by atoms with Crippen molar-refractivity contribution in [1.82, 2.24) is 0 Å². The highest BCUT2D eigenvalue weighted by molar-refractivity contribution is 5.87. The topological polar surface area (TPSA) is 43.4 Å². The normalized spacial score (nSPS) is 9.31. The summed E-state index contributed by atoms with van der Waals surface area (Å²) in [5.74, 6) is -0.325. The van der Waals surface area contributed by atoms with Crippen LogP contribution < -0.4 is 0 Å². The molecule has 0 aliphatic rings. The lowest BCUT2D eigenvalue weighted by atomic mass is 10.1. The van der Waals surface area contributed by atoms with E-state index in [4.69, 9.17) is 4.74 Å². The fourth-order valence-electron chi connectivity index (χ4n) is 0.901. The largest absolute Gasteiger partial charge is 0.463 e. The van der Waals surface area contributed by atoms with Gasteiger partial charge in [0.1, 0.15) is 6.29 Å². The molecule has 0 saturated heterocycles. The molecule has 0 heterocycles. The van der Waals surface area contributed by atoms with Gasteiger partial charge in [0.2, 0.25) is 0 Å². The Morgan fingerprint density at radius 3 is 2.69 bits per heavy atom. The molecular weight excluding hydrogens is 168 g/mol. The first kappa shape index (κ1) is 11.9. The number of rotatable bonds is 7. The summed E-state index contributed by atoms with van der Waals surface area (Å²) >= 11 is 0. The van der Waals surface area contributed by atoms with Crippen molar-refractivity contribution in [3.8, 4) is 0 Å². The van der Waals surface area contributed by atoms with Crippen molar-refractivity contribution >= 4 is 12.3 Å². The SMILES string of the molecule is C=C(CCCCC=O)C(=O)OCC. The number of aldehydes is 1. The smallest absolute Gasteiger partial charge is 0.333 e. The third-order valence-corrected chi connectivity index (χ3v) is 1.61. The molecule has 0 atom stereocenters. The second kappa shape index (κ2) is 7.53. The van der Waals surface area contributed by atoms with Crippen LogP contribution in [-0.4, -0.2) is 18.9 Å². The Morgan fingerprint density at radius 2 is 2.15 bits per heavy atom. The molecule has 0 saturated carbocycles. The van der Waals surface area contributed by atoms with Crippen LogP contribution in [0.4, 0.5) is 0 Å². The van der Waals surface area contributed by atoms with Gasteiger partial charge in [0, 0.05) is 12.0 Å². The monoisotopic (exact) mass is 184 g/mol. The first-order valence-corrected chi connectivity index (χ1v) is 4.51. The van der Waals surface area contributed by atoms with Gasteiger partial charge >= 0.3 is 5.97 Å². The summed E-state index contributed by atoms with van der Waals surface area (Å²) in [6, 6.07) is 0. The lowest BCUT2D eigenvalue weighted by molar-refractivity contribution is -0.138. The van der Waals surface area contributed by atoms with Crippen LogP contribution in [0.5, 0.6) is 0 Å². The molecule has 3 nitrogen and oxygen atoms in total. The molecule has 0 spiro atoms. The molecule has 0 amide bonds. The summed E-state index contributed by atoms with van der Waals surface area (Å²) in [5.41, 5.74) is 0.493. The quantitative estimate of drug-likeness (QED) is 0.262. The van der Waals surface area contributed by atoms with Crippen molar-refractivity contribution in [2.75, 3.05) is 6.61 Å². The molecule has 3 heteroatoms. The molecule has 0 aliphatic carbocycles. The lowest BCUT2D eigenvalue weighted by Gasteiger charge is -2.03. The minimum absolute atomic E-state index is 0.325. The first-order chi connectivity index (χ1) is 6.22. The van der Waals surface area contributed by atoms with E-state index in [1.54, 1.807) is 6.92 Å². The van der Waals surface area contributed by atoms with Crippen molar-refractivity contribution in [2.45, 2.75) is 32.6 Å². The number of carbonyl (C=O) groups excluding carboxylic acids is 2. The van der Waals surface area contributed by atoms with Crippen LogP contribution in [0.25, 0.3) is 0 Å². The van der Waals surface area contributed by atoms with Crippen LogP contribution in [-0.2, 0) is 14.3 Å². The molecule has 0 unspecified atom stereocenters. The number of hydrogen-bond acceptors (Lipinski definition) is 3. The molecule has 0 aliphatic heterocycles. The minimum Gasteiger partial charge on any atom is -0.463 e. The van der Waals surface area contributed by atoms with Gasteiger partial charge in [-0.05, 0) is 26.2 Å². The van der Waals surface area contributed by atoms with Crippen LogP contribution >= 0.6 is 0 Å². The third kappa shape index (κ3) is 6.08. The van der Waals surface area contributed by atoms with Gasteiger partial charge in [0.05, 0.1) is 6.61 Å². The summed E-state index contributed by atoms with van der Waals surface area (Å²) in [5, 5.41) is 0. The fourth-order valence-corrected chi connectivity index (χ4v) is 0.901. The Labute approximate surface area is 78.8 Å². The second-order valence-electron chi connectivity index (χ2n) is 2.74. The second-order valence-corrected chi connectivity index (χ2v) is 2.74. The van der Waals surface area contributed by atoms with E-state index < -0.39 is 0 Å². The van der Waals surface area contributed by atoms with Gasteiger partial charge in [0.15, 0.2) is 0 Å². The minimum atomic E-state index is -0.325.